The molecule has 2 rings (SSSR count). The first-order valence-corrected chi connectivity index (χ1v) is 5.08. The van der Waals surface area contributed by atoms with Gasteiger partial charge in [-0.2, -0.15) is 0 Å². The molecular weight excluding hydrogens is 202 g/mol. The summed E-state index contributed by atoms with van der Waals surface area (Å²) >= 11 is 0. The topological polar surface area (TPSA) is 58.0 Å². The molecule has 0 atom stereocenters. The monoisotopic (exact) mass is 215 g/mol. The Labute approximate surface area is 94.0 Å². The van der Waals surface area contributed by atoms with Crippen molar-refractivity contribution < 1.29 is 5.11 Å². The Bertz CT molecular complexity index is 428. The Morgan fingerprint density at radius 2 is 1.62 bits per heavy atom. The normalized spacial score (nSPS) is 10.1. The maximum atomic E-state index is 8.90. The van der Waals surface area contributed by atoms with E-state index < -0.39 is 0 Å². The summed E-state index contributed by atoms with van der Waals surface area (Å²) in [5.74, 6) is 0.619. The first-order valence-electron chi connectivity index (χ1n) is 5.08. The van der Waals surface area contributed by atoms with Gasteiger partial charge in [-0.15, -0.1) is 0 Å². The summed E-state index contributed by atoms with van der Waals surface area (Å²) in [6, 6.07) is 9.54. The molecule has 16 heavy (non-hydrogen) atoms. The molecule has 1 aromatic heterocycles. The van der Waals surface area contributed by atoms with Gasteiger partial charge < -0.3 is 10.4 Å². The van der Waals surface area contributed by atoms with E-state index in [0.717, 1.165) is 11.1 Å². The predicted octanol–water partition coefficient (Wildman–Crippen LogP) is 1.58. The van der Waals surface area contributed by atoms with Crippen LogP contribution in [0.3, 0.4) is 0 Å². The Kier molecular flexibility index (Phi) is 3.46. The van der Waals surface area contributed by atoms with Crippen molar-refractivity contribution in [1.29, 1.82) is 0 Å². The summed E-state index contributed by atoms with van der Waals surface area (Å²) in [6.45, 7) is 0.755. The molecule has 2 N–H and O–H groups in total. The second kappa shape index (κ2) is 5.23. The quantitative estimate of drug-likeness (QED) is 0.813. The van der Waals surface area contributed by atoms with Crippen LogP contribution in [-0.4, -0.2) is 15.1 Å². The Morgan fingerprint density at radius 1 is 1.00 bits per heavy atom. The van der Waals surface area contributed by atoms with Crippen molar-refractivity contribution in [2.75, 3.05) is 5.32 Å². The highest BCUT2D eigenvalue weighted by molar-refractivity contribution is 5.28. The van der Waals surface area contributed by atoms with Crippen LogP contribution in [0.2, 0.25) is 0 Å². The zero-order chi connectivity index (χ0) is 11.2. The largest absolute Gasteiger partial charge is 0.392 e. The molecule has 0 aliphatic carbocycles. The molecule has 0 spiro atoms. The molecule has 0 amide bonds. The fraction of sp³-hybridized carbons (Fsp3) is 0.167. The third-order valence-electron chi connectivity index (χ3n) is 2.22. The van der Waals surface area contributed by atoms with Gasteiger partial charge in [0.25, 0.3) is 0 Å². The first-order chi connectivity index (χ1) is 7.88. The smallest absolute Gasteiger partial charge is 0.222 e. The van der Waals surface area contributed by atoms with E-state index in [1.165, 1.54) is 0 Å². The van der Waals surface area contributed by atoms with E-state index in [9.17, 15) is 0 Å². The van der Waals surface area contributed by atoms with Crippen molar-refractivity contribution in [2.24, 2.45) is 0 Å². The molecule has 2 aromatic rings. The molecule has 82 valence electrons. The summed E-state index contributed by atoms with van der Waals surface area (Å²) in [6.07, 6.45) is 3.40. The van der Waals surface area contributed by atoms with Crippen LogP contribution in [0.25, 0.3) is 0 Å². The lowest BCUT2D eigenvalue weighted by Crippen LogP contribution is -2.02. The molecule has 4 heteroatoms. The maximum absolute atomic E-state index is 8.90. The third-order valence-corrected chi connectivity index (χ3v) is 2.22. The average molecular weight is 215 g/mol. The second-order valence-electron chi connectivity index (χ2n) is 3.40. The molecule has 0 radical (unpaired) electrons. The van der Waals surface area contributed by atoms with Gasteiger partial charge in [-0.1, -0.05) is 24.3 Å². The maximum Gasteiger partial charge on any atom is 0.222 e. The van der Waals surface area contributed by atoms with Gasteiger partial charge in [0, 0.05) is 18.9 Å². The molecule has 0 fully saturated rings. The van der Waals surface area contributed by atoms with Crippen molar-refractivity contribution >= 4 is 5.95 Å². The third kappa shape index (κ3) is 2.77. The van der Waals surface area contributed by atoms with Crippen molar-refractivity contribution in [3.05, 3.63) is 53.9 Å². The first kappa shape index (κ1) is 10.6. The SMILES string of the molecule is OCc1ccc(CNc2ncccn2)cc1. The van der Waals surface area contributed by atoms with Gasteiger partial charge in [0.1, 0.15) is 0 Å². The van der Waals surface area contributed by atoms with Gasteiger partial charge in [-0.3, -0.25) is 0 Å². The fourth-order valence-electron chi connectivity index (χ4n) is 1.33. The summed E-state index contributed by atoms with van der Waals surface area (Å²) in [4.78, 5) is 8.13. The average Bonchev–Trinajstić information content (AvgIpc) is 2.38. The second-order valence-corrected chi connectivity index (χ2v) is 3.40. The number of nitrogens with zero attached hydrogens (tertiary/aromatic N) is 2. The number of aliphatic hydroxyl groups is 1. The molecule has 0 saturated carbocycles. The van der Waals surface area contributed by atoms with Crippen LogP contribution >= 0.6 is 0 Å². The summed E-state index contributed by atoms with van der Waals surface area (Å²) < 4.78 is 0. The van der Waals surface area contributed by atoms with E-state index in [2.05, 4.69) is 15.3 Å². The Morgan fingerprint density at radius 3 is 2.25 bits per heavy atom. The zero-order valence-electron chi connectivity index (χ0n) is 8.80. The van der Waals surface area contributed by atoms with Crippen LogP contribution < -0.4 is 5.32 Å². The minimum atomic E-state index is 0.0789. The number of anilines is 1. The molecule has 0 bridgehead atoms. The highest BCUT2D eigenvalue weighted by atomic mass is 16.3. The number of hydrogen-bond acceptors (Lipinski definition) is 4. The van der Waals surface area contributed by atoms with E-state index in [4.69, 9.17) is 5.11 Å². The lowest BCUT2D eigenvalue weighted by molar-refractivity contribution is 0.282. The molecule has 1 heterocycles. The summed E-state index contributed by atoms with van der Waals surface area (Å²) in [5, 5.41) is 12.0. The fourth-order valence-corrected chi connectivity index (χ4v) is 1.33. The van der Waals surface area contributed by atoms with Gasteiger partial charge >= 0.3 is 0 Å². The molecular formula is C12H13N3O. The number of rotatable bonds is 4. The van der Waals surface area contributed by atoms with Gasteiger partial charge in [0.2, 0.25) is 5.95 Å². The molecule has 1 aromatic carbocycles. The number of aromatic nitrogens is 2. The highest BCUT2D eigenvalue weighted by Gasteiger charge is 1.95. The van der Waals surface area contributed by atoms with Crippen molar-refractivity contribution in [1.82, 2.24) is 9.97 Å². The minimum Gasteiger partial charge on any atom is -0.392 e. The van der Waals surface area contributed by atoms with E-state index in [-0.39, 0.29) is 6.61 Å². The van der Waals surface area contributed by atoms with E-state index in [0.29, 0.717) is 12.5 Å². The van der Waals surface area contributed by atoms with Crippen molar-refractivity contribution in [3.63, 3.8) is 0 Å². The van der Waals surface area contributed by atoms with E-state index in [1.54, 1.807) is 18.5 Å². The molecule has 0 unspecified atom stereocenters. The standard InChI is InChI=1S/C12H13N3O/c16-9-11-4-2-10(3-5-11)8-15-12-13-6-1-7-14-12/h1-7,16H,8-9H2,(H,13,14,15). The number of aliphatic hydroxyl groups excluding tert-OH is 1. The van der Waals surface area contributed by atoms with Gasteiger partial charge in [0.05, 0.1) is 6.61 Å². The molecule has 0 aliphatic rings. The Balaban J connectivity index is 1.94. The Hall–Kier alpha value is -1.94. The summed E-state index contributed by atoms with van der Waals surface area (Å²) in [7, 11) is 0. The van der Waals surface area contributed by atoms with Gasteiger partial charge in [0.15, 0.2) is 0 Å². The van der Waals surface area contributed by atoms with Crippen LogP contribution in [0.1, 0.15) is 11.1 Å². The van der Waals surface area contributed by atoms with Crippen LogP contribution in [-0.2, 0) is 13.2 Å². The van der Waals surface area contributed by atoms with Crippen molar-refractivity contribution in [2.45, 2.75) is 13.2 Å². The number of benzene rings is 1. The van der Waals surface area contributed by atoms with Gasteiger partial charge in [-0.05, 0) is 17.2 Å². The molecule has 0 saturated heterocycles. The van der Waals surface area contributed by atoms with E-state index >= 15 is 0 Å². The zero-order valence-corrected chi connectivity index (χ0v) is 8.80. The number of nitrogens with one attached hydrogen (secondary N) is 1. The lowest BCUT2D eigenvalue weighted by atomic mass is 10.1. The lowest BCUT2D eigenvalue weighted by Gasteiger charge is -2.04. The molecule has 0 aliphatic heterocycles. The minimum absolute atomic E-state index is 0.0789. The predicted molar refractivity (Wildman–Crippen MR) is 61.7 cm³/mol. The highest BCUT2D eigenvalue weighted by Crippen LogP contribution is 2.06. The van der Waals surface area contributed by atoms with Crippen LogP contribution in [0.5, 0.6) is 0 Å². The van der Waals surface area contributed by atoms with Crippen molar-refractivity contribution in [3.8, 4) is 0 Å². The van der Waals surface area contributed by atoms with Gasteiger partial charge in [-0.25, -0.2) is 9.97 Å². The van der Waals surface area contributed by atoms with Crippen LogP contribution in [0.4, 0.5) is 5.95 Å². The van der Waals surface area contributed by atoms with E-state index in [1.807, 2.05) is 24.3 Å². The summed E-state index contributed by atoms with van der Waals surface area (Å²) in [5.41, 5.74) is 2.05. The van der Waals surface area contributed by atoms with Crippen LogP contribution in [0.15, 0.2) is 42.7 Å². The van der Waals surface area contributed by atoms with Crippen LogP contribution in [0, 0.1) is 0 Å². The number of hydrogen-bond donors (Lipinski definition) is 2. The molecule has 4 nitrogen and oxygen atoms in total.